The number of nitro benzene ring substituents is 1. The zero-order valence-electron chi connectivity index (χ0n) is 8.68. The Bertz CT molecular complexity index is 479. The zero-order chi connectivity index (χ0) is 12.3. The largest absolute Gasteiger partial charge is 0.494 e. The van der Waals surface area contributed by atoms with E-state index in [4.69, 9.17) is 20.5 Å². The van der Waals surface area contributed by atoms with Crippen LogP contribution in [0.1, 0.15) is 5.56 Å². The highest BCUT2D eigenvalue weighted by atomic mass is 16.6. The van der Waals surface area contributed by atoms with Gasteiger partial charge in [-0.1, -0.05) is 0 Å². The van der Waals surface area contributed by atoms with Crippen LogP contribution in [0.25, 0.3) is 0 Å². The second kappa shape index (κ2) is 4.35. The molecule has 0 aliphatic carbocycles. The summed E-state index contributed by atoms with van der Waals surface area (Å²) in [6.45, 7) is 0. The molecule has 0 bridgehead atoms. The summed E-state index contributed by atoms with van der Waals surface area (Å²) in [6, 6.07) is 2.87. The fraction of sp³-hybridized carbons (Fsp3) is 0.222. The number of rotatable bonds is 3. The van der Waals surface area contributed by atoms with E-state index in [0.29, 0.717) is 0 Å². The first-order chi connectivity index (χ1) is 7.56. The summed E-state index contributed by atoms with van der Waals surface area (Å²) >= 11 is 0. The average molecular weight is 223 g/mol. The van der Waals surface area contributed by atoms with Gasteiger partial charge < -0.3 is 15.2 Å². The van der Waals surface area contributed by atoms with Crippen LogP contribution in [0.5, 0.6) is 11.5 Å². The number of benzene rings is 1. The second-order valence-corrected chi connectivity index (χ2v) is 2.79. The summed E-state index contributed by atoms with van der Waals surface area (Å²) in [5.74, 6) is -0.0881. The van der Waals surface area contributed by atoms with Crippen molar-refractivity contribution in [1.29, 1.82) is 5.26 Å². The first-order valence-electron chi connectivity index (χ1n) is 4.15. The van der Waals surface area contributed by atoms with Crippen molar-refractivity contribution >= 4 is 11.4 Å². The Morgan fingerprint density at radius 1 is 1.50 bits per heavy atom. The Hall–Kier alpha value is -2.49. The lowest BCUT2D eigenvalue weighted by molar-refractivity contribution is -0.385. The summed E-state index contributed by atoms with van der Waals surface area (Å²) in [6.07, 6.45) is 0. The molecule has 2 N–H and O–H groups in total. The smallest absolute Gasteiger partial charge is 0.316 e. The van der Waals surface area contributed by atoms with Gasteiger partial charge >= 0.3 is 5.69 Å². The monoisotopic (exact) mass is 223 g/mol. The third-order valence-electron chi connectivity index (χ3n) is 1.99. The molecule has 1 rings (SSSR count). The number of hydrogen-bond acceptors (Lipinski definition) is 6. The van der Waals surface area contributed by atoms with Gasteiger partial charge in [0.05, 0.1) is 30.9 Å². The van der Waals surface area contributed by atoms with Gasteiger partial charge in [-0.3, -0.25) is 10.1 Å². The van der Waals surface area contributed by atoms with Crippen molar-refractivity contribution in [3.63, 3.8) is 0 Å². The molecular weight excluding hydrogens is 214 g/mol. The number of nitrogen functional groups attached to an aromatic ring is 1. The number of nitrogens with two attached hydrogens (primary N) is 1. The number of nitrogens with zero attached hydrogens (tertiary/aromatic N) is 2. The summed E-state index contributed by atoms with van der Waals surface area (Å²) in [5.41, 5.74) is 5.16. The summed E-state index contributed by atoms with van der Waals surface area (Å²) in [5, 5.41) is 19.6. The number of nitriles is 1. The number of nitro groups is 1. The van der Waals surface area contributed by atoms with Crippen molar-refractivity contribution in [2.75, 3.05) is 20.0 Å². The molecule has 0 saturated heterocycles. The molecule has 16 heavy (non-hydrogen) atoms. The Kier molecular flexibility index (Phi) is 3.15. The average Bonchev–Trinajstić information content (AvgIpc) is 2.27. The lowest BCUT2D eigenvalue weighted by Gasteiger charge is -2.09. The molecule has 7 heteroatoms. The van der Waals surface area contributed by atoms with Crippen LogP contribution in [0, 0.1) is 21.4 Å². The van der Waals surface area contributed by atoms with Crippen LogP contribution >= 0.6 is 0 Å². The van der Waals surface area contributed by atoms with E-state index in [1.807, 2.05) is 0 Å². The van der Waals surface area contributed by atoms with Crippen molar-refractivity contribution in [1.82, 2.24) is 0 Å². The van der Waals surface area contributed by atoms with Crippen LogP contribution in [0.4, 0.5) is 11.4 Å². The van der Waals surface area contributed by atoms with E-state index >= 15 is 0 Å². The molecule has 1 aromatic rings. The van der Waals surface area contributed by atoms with Crippen molar-refractivity contribution < 1.29 is 14.4 Å². The normalized spacial score (nSPS) is 9.31. The summed E-state index contributed by atoms with van der Waals surface area (Å²) in [7, 11) is 2.54. The lowest BCUT2D eigenvalue weighted by atomic mass is 10.1. The lowest BCUT2D eigenvalue weighted by Crippen LogP contribution is -2.02. The van der Waals surface area contributed by atoms with Gasteiger partial charge in [0.2, 0.25) is 5.75 Å². The maximum Gasteiger partial charge on any atom is 0.316 e. The molecule has 0 atom stereocenters. The van der Waals surface area contributed by atoms with Gasteiger partial charge in [-0.25, -0.2) is 0 Å². The van der Waals surface area contributed by atoms with E-state index in [9.17, 15) is 10.1 Å². The van der Waals surface area contributed by atoms with Crippen LogP contribution in [0.2, 0.25) is 0 Å². The third kappa shape index (κ3) is 1.68. The fourth-order valence-electron chi connectivity index (χ4n) is 1.26. The van der Waals surface area contributed by atoms with Gasteiger partial charge in [-0.15, -0.1) is 0 Å². The number of methoxy groups -OCH3 is 2. The predicted molar refractivity (Wildman–Crippen MR) is 55.3 cm³/mol. The Morgan fingerprint density at radius 2 is 2.12 bits per heavy atom. The standard InChI is InChI=1S/C9H9N3O4/c1-15-7-3-6(12(13)14)9(16-2)5(4-10)8(7)11/h3H,11H2,1-2H3. The molecule has 0 aliphatic rings. The minimum Gasteiger partial charge on any atom is -0.494 e. The molecule has 0 unspecified atom stereocenters. The molecule has 0 saturated carbocycles. The molecule has 84 valence electrons. The minimum atomic E-state index is -0.665. The maximum atomic E-state index is 10.7. The number of hydrogen-bond donors (Lipinski definition) is 1. The Balaban J connectivity index is 3.64. The second-order valence-electron chi connectivity index (χ2n) is 2.79. The number of anilines is 1. The highest BCUT2D eigenvalue weighted by Crippen LogP contribution is 2.40. The molecule has 0 aliphatic heterocycles. The molecule has 0 fully saturated rings. The third-order valence-corrected chi connectivity index (χ3v) is 1.99. The molecule has 0 spiro atoms. The van der Waals surface area contributed by atoms with Crippen molar-refractivity contribution in [2.45, 2.75) is 0 Å². The van der Waals surface area contributed by atoms with E-state index in [1.54, 1.807) is 6.07 Å². The predicted octanol–water partition coefficient (Wildman–Crippen LogP) is 1.07. The van der Waals surface area contributed by atoms with Crippen LogP contribution < -0.4 is 15.2 Å². The molecular formula is C9H9N3O4. The van der Waals surface area contributed by atoms with Gasteiger partial charge in [0.25, 0.3) is 0 Å². The molecule has 0 amide bonds. The van der Waals surface area contributed by atoms with Gasteiger partial charge in [-0.2, -0.15) is 5.26 Å². The molecule has 0 radical (unpaired) electrons. The number of ether oxygens (including phenoxy) is 2. The highest BCUT2D eigenvalue weighted by molar-refractivity contribution is 5.74. The minimum absolute atomic E-state index is 0.0208. The van der Waals surface area contributed by atoms with E-state index in [2.05, 4.69) is 0 Å². The quantitative estimate of drug-likeness (QED) is 0.466. The van der Waals surface area contributed by atoms with Crippen LogP contribution in [-0.2, 0) is 0 Å². The maximum absolute atomic E-state index is 10.7. The van der Waals surface area contributed by atoms with Gasteiger partial charge in [0.1, 0.15) is 17.4 Å². The van der Waals surface area contributed by atoms with Crippen LogP contribution in [0.15, 0.2) is 6.07 Å². The Morgan fingerprint density at radius 3 is 2.50 bits per heavy atom. The van der Waals surface area contributed by atoms with Crippen molar-refractivity contribution in [3.8, 4) is 17.6 Å². The Labute approximate surface area is 91.1 Å². The van der Waals surface area contributed by atoms with E-state index in [1.165, 1.54) is 14.2 Å². The van der Waals surface area contributed by atoms with Gasteiger partial charge in [0, 0.05) is 0 Å². The summed E-state index contributed by atoms with van der Waals surface area (Å²) in [4.78, 5) is 10.1. The van der Waals surface area contributed by atoms with Crippen molar-refractivity contribution in [3.05, 3.63) is 21.7 Å². The van der Waals surface area contributed by atoms with E-state index in [0.717, 1.165) is 6.07 Å². The SMILES string of the molecule is COc1cc([N+](=O)[O-])c(OC)c(C#N)c1N. The van der Waals surface area contributed by atoms with Gasteiger partial charge in [-0.05, 0) is 0 Å². The van der Waals surface area contributed by atoms with Crippen LogP contribution in [0.3, 0.4) is 0 Å². The highest BCUT2D eigenvalue weighted by Gasteiger charge is 2.24. The molecule has 1 aromatic carbocycles. The van der Waals surface area contributed by atoms with Crippen molar-refractivity contribution in [2.24, 2.45) is 0 Å². The first kappa shape index (κ1) is 11.6. The molecule has 0 aromatic heterocycles. The van der Waals surface area contributed by atoms with Crippen LogP contribution in [-0.4, -0.2) is 19.1 Å². The van der Waals surface area contributed by atoms with Gasteiger partial charge in [0.15, 0.2) is 0 Å². The molecule has 0 heterocycles. The molecule has 7 nitrogen and oxygen atoms in total. The summed E-state index contributed by atoms with van der Waals surface area (Å²) < 4.78 is 9.65. The first-order valence-corrected chi connectivity index (χ1v) is 4.15. The topological polar surface area (TPSA) is 111 Å². The van der Waals surface area contributed by atoms with E-state index in [-0.39, 0.29) is 28.4 Å². The van der Waals surface area contributed by atoms with E-state index < -0.39 is 4.92 Å². The fourth-order valence-corrected chi connectivity index (χ4v) is 1.26. The zero-order valence-corrected chi connectivity index (χ0v) is 8.68.